The quantitative estimate of drug-likeness (QED) is 0.273. The number of benzene rings is 2. The Morgan fingerprint density at radius 1 is 1.03 bits per heavy atom. The number of anilines is 2. The maximum atomic E-state index is 9.14. The predicted octanol–water partition coefficient (Wildman–Crippen LogP) is -6.79. The normalized spacial score (nSPS) is 11.5. The van der Waals surface area contributed by atoms with Gasteiger partial charge < -0.3 is 34.1 Å². The summed E-state index contributed by atoms with van der Waals surface area (Å²) in [5.41, 5.74) is 2.87. The van der Waals surface area contributed by atoms with Crippen LogP contribution in [0, 0.1) is 0 Å². The molecule has 33 heavy (non-hydrogen) atoms. The van der Waals surface area contributed by atoms with E-state index >= 15 is 0 Å². The van der Waals surface area contributed by atoms with E-state index in [4.69, 9.17) is 35.9 Å². The molecule has 0 radical (unpaired) electrons. The number of rotatable bonds is 5. The summed E-state index contributed by atoms with van der Waals surface area (Å²) in [6.07, 6.45) is 3.30. The Kier molecular flexibility index (Phi) is 22.0. The number of hydrogen-bond donors (Lipinski definition) is 0. The molecule has 0 aliphatic carbocycles. The summed E-state index contributed by atoms with van der Waals surface area (Å²) in [6, 6.07) is 15.1. The third-order valence-electron chi connectivity index (χ3n) is 4.49. The van der Waals surface area contributed by atoms with Crippen LogP contribution in [0.3, 0.4) is 0 Å². The van der Waals surface area contributed by atoms with Gasteiger partial charge in [0.25, 0.3) is 0 Å². The van der Waals surface area contributed by atoms with Gasteiger partial charge in [-0.2, -0.15) is 0 Å². The van der Waals surface area contributed by atoms with Crippen molar-refractivity contribution in [3.05, 3.63) is 58.6 Å². The molecule has 0 saturated heterocycles. The Hall–Kier alpha value is 1.40. The fourth-order valence-electron chi connectivity index (χ4n) is 3.17. The van der Waals surface area contributed by atoms with Crippen molar-refractivity contribution in [3.8, 4) is 0 Å². The molecule has 0 saturated carbocycles. The third kappa shape index (κ3) is 13.0. The van der Waals surface area contributed by atoms with Gasteiger partial charge in [-0.1, -0.05) is 35.9 Å². The number of carbonyl (C=O) groups is 1. The fraction of sp³-hybridized carbons (Fsp3) is 0.350. The molecule has 0 aromatic heterocycles. The average molecular weight is 543 g/mol. The topological polar surface area (TPSA) is 110 Å². The molecule has 166 valence electrons. The minimum Gasteiger partial charge on any atom is -0.807 e. The molecule has 0 amide bonds. The number of aryl methyl sites for hydroxylation is 2. The van der Waals surface area contributed by atoms with Crippen molar-refractivity contribution >= 4 is 48.7 Å². The number of halogens is 2. The summed E-state index contributed by atoms with van der Waals surface area (Å²) in [4.78, 5) is 32.0. The first-order chi connectivity index (χ1) is 13.6. The molecule has 3 rings (SSSR count). The van der Waals surface area contributed by atoms with Crippen LogP contribution in [0.4, 0.5) is 16.2 Å². The minimum absolute atomic E-state index is 0. The molecule has 0 atom stereocenters. The Balaban J connectivity index is -0.000000724. The summed E-state index contributed by atoms with van der Waals surface area (Å²) in [5, 5.41) is 9.84. The Labute approximate surface area is 273 Å². The molecule has 1 heterocycles. The average Bonchev–Trinajstić information content (AvgIpc) is 2.78. The van der Waals surface area contributed by atoms with Gasteiger partial charge >= 0.3 is 88.7 Å². The smallest absolute Gasteiger partial charge is 0.807 e. The van der Waals surface area contributed by atoms with Gasteiger partial charge in [-0.15, -0.1) is 12.4 Å². The summed E-state index contributed by atoms with van der Waals surface area (Å²) < 4.78 is 9.14. The molecule has 0 N–H and O–H groups in total. The van der Waals surface area contributed by atoms with E-state index in [1.165, 1.54) is 22.5 Å². The molecule has 0 unspecified atom stereocenters. The molecule has 0 spiro atoms. The molecular formula is C20H24Cl2N2Na3O5P. The molecule has 2 aromatic rings. The zero-order valence-electron chi connectivity index (χ0n) is 19.7. The van der Waals surface area contributed by atoms with E-state index in [1.54, 1.807) is 0 Å². The van der Waals surface area contributed by atoms with Gasteiger partial charge in [-0.05, 0) is 76.8 Å². The van der Waals surface area contributed by atoms with Crippen LogP contribution in [0.5, 0.6) is 0 Å². The molecule has 0 bridgehead atoms. The van der Waals surface area contributed by atoms with E-state index < -0.39 is 13.3 Å². The van der Waals surface area contributed by atoms with Crippen molar-refractivity contribution in [2.45, 2.75) is 19.3 Å². The van der Waals surface area contributed by atoms with Crippen LogP contribution < -0.4 is 108 Å². The van der Waals surface area contributed by atoms with Crippen molar-refractivity contribution in [2.75, 3.05) is 32.1 Å². The van der Waals surface area contributed by atoms with E-state index in [9.17, 15) is 0 Å². The number of nitrogens with zero attached hydrogens (tertiary/aromatic N) is 2. The number of para-hydroxylation sites is 1. The van der Waals surface area contributed by atoms with E-state index in [1.807, 2.05) is 6.07 Å². The summed E-state index contributed by atoms with van der Waals surface area (Å²) >= 11 is 6.27. The van der Waals surface area contributed by atoms with Crippen LogP contribution in [0.1, 0.15) is 17.5 Å². The summed E-state index contributed by atoms with van der Waals surface area (Å²) in [7, 11) is -1.18. The Morgan fingerprint density at radius 2 is 1.55 bits per heavy atom. The summed E-state index contributed by atoms with van der Waals surface area (Å²) in [6.45, 7) is 2.11. The SMILES string of the molecule is CN(C)CCCN1c2ccccc2CCc2ccc(Cl)cc21.Cl.O=C([O-])P(=O)([O-])[O-].[Na+].[Na+].[Na+]. The standard InChI is InChI=1S/C19H23ClN2.CH3O5P.ClH.3Na/c1-21(2)12-5-13-22-18-7-4-3-6-15(18)8-9-16-10-11-17(20)14-19(16)22;2-1(3)7(4,5)6;;;;/h3-4,6-7,10-11,14H,5,8-9,12-13H2,1-2H3;(H,2,3)(H2,4,5,6);1H;;;/q;;;3*+1/p-3. The minimum atomic E-state index is -5.43. The van der Waals surface area contributed by atoms with E-state index in [0.717, 1.165) is 37.4 Å². The first kappa shape index (κ1) is 38.9. The third-order valence-corrected chi connectivity index (χ3v) is 5.18. The maximum absolute atomic E-state index is 9.14. The van der Waals surface area contributed by atoms with Crippen LogP contribution in [-0.4, -0.2) is 37.8 Å². The molecule has 7 nitrogen and oxygen atoms in total. The van der Waals surface area contributed by atoms with Crippen LogP contribution in [0.15, 0.2) is 42.5 Å². The van der Waals surface area contributed by atoms with Crippen molar-refractivity contribution in [2.24, 2.45) is 0 Å². The van der Waals surface area contributed by atoms with Crippen molar-refractivity contribution in [1.29, 1.82) is 0 Å². The second kappa shape index (κ2) is 18.6. The molecule has 2 aromatic carbocycles. The van der Waals surface area contributed by atoms with E-state index in [2.05, 4.69) is 60.3 Å². The van der Waals surface area contributed by atoms with Crippen molar-refractivity contribution in [1.82, 2.24) is 4.90 Å². The maximum Gasteiger partial charge on any atom is 1.00 e. The molecule has 13 heteroatoms. The van der Waals surface area contributed by atoms with Gasteiger partial charge in [-0.25, -0.2) is 0 Å². The first-order valence-corrected chi connectivity index (χ1v) is 11.0. The Morgan fingerprint density at radius 3 is 2.06 bits per heavy atom. The van der Waals surface area contributed by atoms with Crippen molar-refractivity contribution in [3.63, 3.8) is 0 Å². The van der Waals surface area contributed by atoms with Gasteiger partial charge in [0.2, 0.25) is 0 Å². The van der Waals surface area contributed by atoms with Crippen LogP contribution >= 0.6 is 31.6 Å². The molecular weight excluding hydrogens is 519 g/mol. The largest absolute Gasteiger partial charge is 1.00 e. The van der Waals surface area contributed by atoms with Gasteiger partial charge in [0.05, 0.1) is 5.71 Å². The van der Waals surface area contributed by atoms with Crippen LogP contribution in [-0.2, 0) is 17.4 Å². The van der Waals surface area contributed by atoms with E-state index in [0.29, 0.717) is 0 Å². The zero-order chi connectivity index (χ0) is 21.6. The fourth-order valence-corrected chi connectivity index (χ4v) is 3.34. The summed E-state index contributed by atoms with van der Waals surface area (Å²) in [5.74, 6) is 0. The van der Waals surface area contributed by atoms with Gasteiger partial charge in [0.15, 0.2) is 0 Å². The first-order valence-electron chi connectivity index (χ1n) is 9.12. The zero-order valence-corrected chi connectivity index (χ0v) is 28.2. The van der Waals surface area contributed by atoms with Crippen LogP contribution in [0.2, 0.25) is 5.02 Å². The van der Waals surface area contributed by atoms with Crippen molar-refractivity contribution < 1.29 is 113 Å². The van der Waals surface area contributed by atoms with Gasteiger partial charge in [0.1, 0.15) is 0 Å². The number of fused-ring (bicyclic) bond motifs is 2. The number of carbonyl (C=O) groups excluding carboxylic acids is 1. The second-order valence-corrected chi connectivity index (χ2v) is 8.77. The van der Waals surface area contributed by atoms with Crippen LogP contribution in [0.25, 0.3) is 0 Å². The Bertz CT molecular complexity index is 919. The number of hydrogen-bond acceptors (Lipinski definition) is 7. The number of carboxylic acid groups (broad SMARTS) is 1. The predicted molar refractivity (Wildman–Crippen MR) is 116 cm³/mol. The molecule has 1 aliphatic rings. The monoisotopic (exact) mass is 542 g/mol. The van der Waals surface area contributed by atoms with E-state index in [-0.39, 0.29) is 101 Å². The molecule has 0 fully saturated rings. The van der Waals surface area contributed by atoms with Gasteiger partial charge in [-0.3, -0.25) is 0 Å². The molecule has 1 aliphatic heterocycles. The van der Waals surface area contributed by atoms with Gasteiger partial charge in [0, 0.05) is 22.9 Å². The second-order valence-electron chi connectivity index (χ2n) is 6.97.